The van der Waals surface area contributed by atoms with E-state index >= 15 is 0 Å². The fourth-order valence-corrected chi connectivity index (χ4v) is 2.84. The SMILES string of the molecule is CCc1ncnc(C2(CN)CCN(C)CC2)c1OC. The zero-order valence-corrected chi connectivity index (χ0v) is 12.1. The van der Waals surface area contributed by atoms with E-state index in [0.29, 0.717) is 6.54 Å². The molecule has 0 aliphatic carbocycles. The van der Waals surface area contributed by atoms with Crippen LogP contribution in [-0.4, -0.2) is 48.7 Å². The third kappa shape index (κ3) is 2.58. The third-order valence-electron chi connectivity index (χ3n) is 4.25. The van der Waals surface area contributed by atoms with Gasteiger partial charge >= 0.3 is 0 Å². The van der Waals surface area contributed by atoms with Gasteiger partial charge in [-0.3, -0.25) is 0 Å². The first-order chi connectivity index (χ1) is 9.16. The number of nitrogens with two attached hydrogens (primary N) is 1. The summed E-state index contributed by atoms with van der Waals surface area (Å²) >= 11 is 0. The van der Waals surface area contributed by atoms with E-state index in [1.807, 2.05) is 0 Å². The van der Waals surface area contributed by atoms with Crippen LogP contribution in [0.5, 0.6) is 5.75 Å². The number of ether oxygens (including phenoxy) is 1. The average molecular weight is 264 g/mol. The maximum Gasteiger partial charge on any atom is 0.162 e. The van der Waals surface area contributed by atoms with Crippen LogP contribution >= 0.6 is 0 Å². The van der Waals surface area contributed by atoms with E-state index in [2.05, 4.69) is 28.8 Å². The number of likely N-dealkylation sites (tertiary alicyclic amines) is 1. The number of hydrogen-bond donors (Lipinski definition) is 1. The first-order valence-electron chi connectivity index (χ1n) is 6.94. The normalized spacial score (nSPS) is 19.4. The molecule has 0 amide bonds. The lowest BCUT2D eigenvalue weighted by Gasteiger charge is -2.40. The lowest BCUT2D eigenvalue weighted by molar-refractivity contribution is 0.184. The highest BCUT2D eigenvalue weighted by Gasteiger charge is 2.38. The van der Waals surface area contributed by atoms with Crippen molar-refractivity contribution in [1.82, 2.24) is 14.9 Å². The van der Waals surface area contributed by atoms with Crippen molar-refractivity contribution in [1.29, 1.82) is 0 Å². The fraction of sp³-hybridized carbons (Fsp3) is 0.714. The van der Waals surface area contributed by atoms with Crippen LogP contribution in [0.2, 0.25) is 0 Å². The van der Waals surface area contributed by atoms with E-state index in [0.717, 1.165) is 49.5 Å². The molecular formula is C14H24N4O. The fourth-order valence-electron chi connectivity index (χ4n) is 2.84. The van der Waals surface area contributed by atoms with Crippen LogP contribution in [-0.2, 0) is 11.8 Å². The zero-order chi connectivity index (χ0) is 13.9. The van der Waals surface area contributed by atoms with Crippen molar-refractivity contribution >= 4 is 0 Å². The summed E-state index contributed by atoms with van der Waals surface area (Å²) in [4.78, 5) is 11.2. The molecule has 1 aromatic rings. The van der Waals surface area contributed by atoms with Gasteiger partial charge in [-0.15, -0.1) is 0 Å². The number of nitrogens with zero attached hydrogens (tertiary/aromatic N) is 3. The van der Waals surface area contributed by atoms with Crippen molar-refractivity contribution in [3.8, 4) is 5.75 Å². The average Bonchev–Trinajstić information content (AvgIpc) is 2.47. The van der Waals surface area contributed by atoms with Gasteiger partial charge in [0.25, 0.3) is 0 Å². The molecule has 1 aromatic heterocycles. The Labute approximate surface area is 115 Å². The van der Waals surface area contributed by atoms with Crippen LogP contribution < -0.4 is 10.5 Å². The van der Waals surface area contributed by atoms with Gasteiger partial charge in [0.2, 0.25) is 0 Å². The second-order valence-electron chi connectivity index (χ2n) is 5.34. The molecular weight excluding hydrogens is 240 g/mol. The predicted molar refractivity (Wildman–Crippen MR) is 75.4 cm³/mol. The number of aryl methyl sites for hydroxylation is 1. The molecule has 19 heavy (non-hydrogen) atoms. The highest BCUT2D eigenvalue weighted by molar-refractivity contribution is 5.38. The van der Waals surface area contributed by atoms with Gasteiger partial charge in [-0.25, -0.2) is 9.97 Å². The molecule has 1 fully saturated rings. The predicted octanol–water partition coefficient (Wildman–Crippen LogP) is 0.970. The number of methoxy groups -OCH3 is 1. The molecule has 5 nitrogen and oxygen atoms in total. The van der Waals surface area contributed by atoms with E-state index in [9.17, 15) is 0 Å². The summed E-state index contributed by atoms with van der Waals surface area (Å²) in [5.74, 6) is 0.833. The molecule has 1 aliphatic heterocycles. The largest absolute Gasteiger partial charge is 0.493 e. The molecule has 2 heterocycles. The van der Waals surface area contributed by atoms with Gasteiger partial charge in [-0.05, 0) is 39.4 Å². The number of aromatic nitrogens is 2. The molecule has 1 aliphatic rings. The third-order valence-corrected chi connectivity index (χ3v) is 4.25. The summed E-state index contributed by atoms with van der Waals surface area (Å²) in [6.07, 6.45) is 4.54. The molecule has 106 valence electrons. The second-order valence-corrected chi connectivity index (χ2v) is 5.34. The van der Waals surface area contributed by atoms with Gasteiger partial charge in [-0.1, -0.05) is 6.92 Å². The lowest BCUT2D eigenvalue weighted by Crippen LogP contribution is -2.46. The Kier molecular flexibility index (Phi) is 4.37. The molecule has 1 saturated heterocycles. The molecule has 0 unspecified atom stereocenters. The Morgan fingerprint density at radius 2 is 2.05 bits per heavy atom. The maximum atomic E-state index is 6.10. The highest BCUT2D eigenvalue weighted by Crippen LogP contribution is 2.38. The van der Waals surface area contributed by atoms with E-state index in [1.54, 1.807) is 13.4 Å². The lowest BCUT2D eigenvalue weighted by atomic mass is 9.75. The molecule has 0 saturated carbocycles. The number of rotatable bonds is 4. The number of piperidine rings is 1. The monoisotopic (exact) mass is 264 g/mol. The Morgan fingerprint density at radius 1 is 1.37 bits per heavy atom. The van der Waals surface area contributed by atoms with Crippen molar-refractivity contribution in [2.24, 2.45) is 5.73 Å². The van der Waals surface area contributed by atoms with Crippen molar-refractivity contribution in [3.63, 3.8) is 0 Å². The summed E-state index contributed by atoms with van der Waals surface area (Å²) in [6, 6.07) is 0. The molecule has 2 N–H and O–H groups in total. The standard InChI is InChI=1S/C14H24N4O/c1-4-11-12(19-3)13(17-10-16-11)14(9-15)5-7-18(2)8-6-14/h10H,4-9,15H2,1-3H3. The molecule has 0 radical (unpaired) electrons. The van der Waals surface area contributed by atoms with Crippen molar-refractivity contribution in [3.05, 3.63) is 17.7 Å². The van der Waals surface area contributed by atoms with Crippen LogP contribution in [0.15, 0.2) is 6.33 Å². The quantitative estimate of drug-likeness (QED) is 0.878. The van der Waals surface area contributed by atoms with Gasteiger partial charge in [0.05, 0.1) is 18.5 Å². The summed E-state index contributed by atoms with van der Waals surface area (Å²) in [5, 5.41) is 0. The summed E-state index contributed by atoms with van der Waals surface area (Å²) < 4.78 is 5.58. The maximum absolute atomic E-state index is 6.10. The Balaban J connectivity index is 2.43. The van der Waals surface area contributed by atoms with E-state index in [-0.39, 0.29) is 5.41 Å². The minimum absolute atomic E-state index is 0.0648. The minimum Gasteiger partial charge on any atom is -0.493 e. The molecule has 0 atom stereocenters. The van der Waals surface area contributed by atoms with Crippen LogP contribution in [0.3, 0.4) is 0 Å². The summed E-state index contributed by atoms with van der Waals surface area (Å²) in [6.45, 7) is 4.79. The molecule has 0 aromatic carbocycles. The van der Waals surface area contributed by atoms with E-state index < -0.39 is 0 Å². The molecule has 0 bridgehead atoms. The van der Waals surface area contributed by atoms with Crippen LogP contribution in [0, 0.1) is 0 Å². The first-order valence-corrected chi connectivity index (χ1v) is 6.94. The van der Waals surface area contributed by atoms with Crippen molar-refractivity contribution in [2.45, 2.75) is 31.6 Å². The zero-order valence-electron chi connectivity index (χ0n) is 12.1. The van der Waals surface area contributed by atoms with Crippen LogP contribution in [0.1, 0.15) is 31.2 Å². The summed E-state index contributed by atoms with van der Waals surface area (Å²) in [5.41, 5.74) is 8.00. The van der Waals surface area contributed by atoms with Crippen molar-refractivity contribution in [2.75, 3.05) is 33.8 Å². The smallest absolute Gasteiger partial charge is 0.162 e. The van der Waals surface area contributed by atoms with Crippen LogP contribution in [0.25, 0.3) is 0 Å². The summed E-state index contributed by atoms with van der Waals surface area (Å²) in [7, 11) is 3.84. The van der Waals surface area contributed by atoms with E-state index in [4.69, 9.17) is 10.5 Å². The Morgan fingerprint density at radius 3 is 2.58 bits per heavy atom. The topological polar surface area (TPSA) is 64.3 Å². The molecule has 5 heteroatoms. The van der Waals surface area contributed by atoms with E-state index in [1.165, 1.54) is 0 Å². The number of hydrogen-bond acceptors (Lipinski definition) is 5. The minimum atomic E-state index is -0.0648. The van der Waals surface area contributed by atoms with Gasteiger partial charge in [0, 0.05) is 12.0 Å². The van der Waals surface area contributed by atoms with Gasteiger partial charge in [0.1, 0.15) is 6.33 Å². The van der Waals surface area contributed by atoms with Gasteiger partial charge in [-0.2, -0.15) is 0 Å². The Bertz CT molecular complexity index is 427. The van der Waals surface area contributed by atoms with Gasteiger partial charge in [0.15, 0.2) is 5.75 Å². The second kappa shape index (κ2) is 5.84. The highest BCUT2D eigenvalue weighted by atomic mass is 16.5. The first kappa shape index (κ1) is 14.2. The molecule has 2 rings (SSSR count). The van der Waals surface area contributed by atoms with Crippen molar-refractivity contribution < 1.29 is 4.74 Å². The Hall–Kier alpha value is -1.20. The van der Waals surface area contributed by atoms with Crippen LogP contribution in [0.4, 0.5) is 0 Å². The van der Waals surface area contributed by atoms with Gasteiger partial charge < -0.3 is 15.4 Å². The molecule has 0 spiro atoms.